The van der Waals surface area contributed by atoms with Gasteiger partial charge >= 0.3 is 347 Å². The fourth-order valence-electron chi connectivity index (χ4n) is 10.9. The molecule has 0 saturated heterocycles. The third-order valence-electron chi connectivity index (χ3n) is 14.6. The van der Waals surface area contributed by atoms with Crippen molar-refractivity contribution in [2.75, 3.05) is 11.4 Å². The predicted octanol–water partition coefficient (Wildman–Crippen LogP) is 16.7. The van der Waals surface area contributed by atoms with E-state index in [1.165, 1.54) is 11.1 Å². The molecule has 74 heavy (non-hydrogen) atoms. The molecule has 6 nitrogen and oxygen atoms in total. The first-order valence-corrected chi connectivity index (χ1v) is 26.4. The van der Waals surface area contributed by atoms with Gasteiger partial charge in [-0.15, -0.1) is 0 Å². The summed E-state index contributed by atoms with van der Waals surface area (Å²) >= 11 is 2.55. The van der Waals surface area contributed by atoms with E-state index in [1.54, 1.807) is 0 Å². The summed E-state index contributed by atoms with van der Waals surface area (Å²) in [7, 11) is 0. The van der Waals surface area contributed by atoms with Crippen LogP contribution in [0.1, 0.15) is 37.5 Å². The van der Waals surface area contributed by atoms with Crippen LogP contribution in [-0.2, 0) is 31.2 Å². The van der Waals surface area contributed by atoms with Gasteiger partial charge in [0.25, 0.3) is 0 Å². The van der Waals surface area contributed by atoms with Crippen LogP contribution in [0.4, 0.5) is 11.4 Å². The average molecular weight is 1140 g/mol. The van der Waals surface area contributed by atoms with Gasteiger partial charge in [-0.05, 0) is 29.0 Å². The minimum atomic E-state index is 0.0825. The number of fused-ring (bicyclic) bond motifs is 5. The first-order chi connectivity index (χ1) is 36.2. The molecule has 1 aliphatic rings. The molecule has 13 rings (SSSR count). The van der Waals surface area contributed by atoms with Crippen LogP contribution in [0.15, 0.2) is 212 Å². The molecule has 7 heteroatoms. The molecule has 1 aliphatic heterocycles. The Morgan fingerprint density at radius 3 is 1.88 bits per heavy atom. The zero-order chi connectivity index (χ0) is 50.1. The number of aryl methyl sites for hydroxylation is 1. The van der Waals surface area contributed by atoms with Crippen molar-refractivity contribution < 1.29 is 24.1 Å². The number of ether oxygens (including phenoxy) is 1. The Morgan fingerprint density at radius 1 is 0.554 bits per heavy atom. The summed E-state index contributed by atoms with van der Waals surface area (Å²) in [6.07, 6.45) is 2.84. The van der Waals surface area contributed by atoms with Crippen LogP contribution in [0.2, 0.25) is 0 Å². The smallest absolute Gasteiger partial charge is 0.0579 e. The average Bonchev–Trinajstić information content (AvgIpc) is 3.92. The number of anilines is 2. The monoisotopic (exact) mass is 1140 g/mol. The molecule has 0 spiro atoms. The molecule has 0 atom stereocenters. The van der Waals surface area contributed by atoms with Crippen molar-refractivity contribution in [3.63, 3.8) is 0 Å². The van der Waals surface area contributed by atoms with Crippen molar-refractivity contribution in [3.05, 3.63) is 245 Å². The van der Waals surface area contributed by atoms with Gasteiger partial charge in [-0.2, -0.15) is 0 Å². The first-order valence-electron chi connectivity index (χ1n) is 25.2. The summed E-state index contributed by atoms with van der Waals surface area (Å²) in [5.41, 5.74) is 19.1. The molecule has 0 fully saturated rings. The van der Waals surface area contributed by atoms with Gasteiger partial charge in [0.15, 0.2) is 0 Å². The van der Waals surface area contributed by atoms with E-state index in [0.29, 0.717) is 11.5 Å². The maximum absolute atomic E-state index is 6.97. The maximum atomic E-state index is 6.97. The van der Waals surface area contributed by atoms with Crippen LogP contribution < -0.4 is 9.64 Å². The van der Waals surface area contributed by atoms with Gasteiger partial charge in [0, 0.05) is 11.8 Å². The van der Waals surface area contributed by atoms with E-state index in [0.717, 1.165) is 117 Å². The second-order valence-corrected chi connectivity index (χ2v) is 21.2. The minimum absolute atomic E-state index is 0.0825. The van der Waals surface area contributed by atoms with Crippen LogP contribution in [0, 0.1) is 22.9 Å². The van der Waals surface area contributed by atoms with Crippen LogP contribution in [0.25, 0.3) is 83.4 Å². The fraction of sp³-hybridized carbons (Fsp3) is 0.104. The molecule has 9 aromatic carbocycles. The third-order valence-corrected chi connectivity index (χ3v) is 15.6. The third kappa shape index (κ3) is 7.84. The van der Waals surface area contributed by atoms with Gasteiger partial charge < -0.3 is 0 Å². The van der Waals surface area contributed by atoms with Crippen LogP contribution in [0.5, 0.6) is 11.5 Å². The zero-order valence-corrected chi connectivity index (χ0v) is 43.9. The number of hydrogen-bond acceptors (Lipinski definition) is 3. The first kappa shape index (κ1) is 45.5. The fourth-order valence-corrected chi connectivity index (χ4v) is 12.0. The summed E-state index contributed by atoms with van der Waals surface area (Å²) in [6, 6.07) is 81.2. The summed E-state index contributed by atoms with van der Waals surface area (Å²) in [5, 5.41) is 2.20. The number of hydrogen-bond donors (Lipinski definition) is 0. The Balaban J connectivity index is 0.975. The molecular weight excluding hydrogens is 1090 g/mol. The van der Waals surface area contributed by atoms with E-state index in [2.05, 4.69) is 272 Å². The number of pyridine rings is 1. The summed E-state index contributed by atoms with van der Waals surface area (Å²) < 4.78 is 15.1. The molecule has 0 unspecified atom stereocenters. The minimum Gasteiger partial charge on any atom is -0.0579 e. The zero-order valence-electron chi connectivity index (χ0n) is 41.6. The SMILES string of the molecule is Cc1cc(-n2c3[c-]c(Oc4[c-]c5c(cc4)N(c4ccccc4)CCc4cccc6c4n-5[c](=[Pt])n6-c4c(-c5ccccc5)cccc4-c4ccccc4)ccc3c3ccccc32)ncc1-c1ccc(C(C)(C)C)cc1. The molecule has 3 aromatic heterocycles. The normalized spacial score (nSPS) is 12.5. The van der Waals surface area contributed by atoms with Gasteiger partial charge in [0.1, 0.15) is 0 Å². The second kappa shape index (κ2) is 18.3. The van der Waals surface area contributed by atoms with Gasteiger partial charge in [0.05, 0.1) is 0 Å². The number of para-hydroxylation sites is 4. The molecule has 4 heterocycles. The van der Waals surface area contributed by atoms with Crippen molar-refractivity contribution >= 4 is 44.2 Å². The molecule has 0 aliphatic carbocycles. The van der Waals surface area contributed by atoms with E-state index < -0.39 is 0 Å². The Bertz CT molecular complexity index is 4110. The van der Waals surface area contributed by atoms with Gasteiger partial charge in [0.2, 0.25) is 0 Å². The molecule has 0 N–H and O–H groups in total. The standard InChI is InChI=1S/C67H51N5O.Pt/c1-45-40-64(68-43-58(45)48-30-32-50(33-31-48)67(2,3)4)72-59-28-15-14-25-56(59)57-36-34-52(41-62(57)72)73-53-35-37-60-63(42-53)71-44-70(61-29-16-22-49(65(61)71)38-39-69(60)51-23-12-7-13-24-51)66-54(46-18-8-5-9-19-46)26-17-27-55(66)47-20-10-6-11-21-47;/h5-37,40,43H,38-39H2,1-4H3;/q-2;. The van der Waals surface area contributed by atoms with E-state index >= 15 is 0 Å². The Kier molecular flexibility index (Phi) is 11.3. The Morgan fingerprint density at radius 2 is 1.18 bits per heavy atom. The summed E-state index contributed by atoms with van der Waals surface area (Å²) in [5.74, 6) is 2.00. The number of nitrogens with zero attached hydrogens (tertiary/aromatic N) is 5. The van der Waals surface area contributed by atoms with Crippen molar-refractivity contribution in [3.8, 4) is 62.1 Å². The van der Waals surface area contributed by atoms with E-state index in [4.69, 9.17) is 9.72 Å². The van der Waals surface area contributed by atoms with E-state index in [9.17, 15) is 0 Å². The summed E-state index contributed by atoms with van der Waals surface area (Å²) in [6.45, 7) is 9.69. The van der Waals surface area contributed by atoms with Gasteiger partial charge in [-0.1, -0.05) is 57.2 Å². The van der Waals surface area contributed by atoms with Crippen LogP contribution in [-0.4, -0.2) is 25.2 Å². The molecule has 12 aromatic rings. The van der Waals surface area contributed by atoms with Crippen molar-refractivity contribution in [2.24, 2.45) is 0 Å². The number of imidazole rings is 1. The molecule has 0 radical (unpaired) electrons. The summed E-state index contributed by atoms with van der Waals surface area (Å²) in [4.78, 5) is 7.56. The quantitative estimate of drug-likeness (QED) is 0.142. The van der Waals surface area contributed by atoms with Crippen LogP contribution in [0.3, 0.4) is 0 Å². The molecule has 0 saturated carbocycles. The van der Waals surface area contributed by atoms with Crippen molar-refractivity contribution in [1.29, 1.82) is 0 Å². The van der Waals surface area contributed by atoms with E-state index in [-0.39, 0.29) is 5.41 Å². The van der Waals surface area contributed by atoms with Gasteiger partial charge in [-0.25, -0.2) is 0 Å². The van der Waals surface area contributed by atoms with E-state index in [1.807, 2.05) is 18.3 Å². The topological polar surface area (TPSA) is 40.1 Å². The van der Waals surface area contributed by atoms with Crippen molar-refractivity contribution in [2.45, 2.75) is 39.5 Å². The van der Waals surface area contributed by atoms with Gasteiger partial charge in [-0.3, -0.25) is 0 Å². The number of benzene rings is 9. The molecule has 362 valence electrons. The number of aromatic nitrogens is 4. The molecule has 0 bridgehead atoms. The molecular formula is C67H51N5OPt-2. The number of rotatable bonds is 8. The molecule has 0 amide bonds. The predicted molar refractivity (Wildman–Crippen MR) is 299 cm³/mol. The Labute approximate surface area is 442 Å². The Hall–Kier alpha value is -8.31. The second-order valence-electron chi connectivity index (χ2n) is 20.1. The van der Waals surface area contributed by atoms with Crippen LogP contribution >= 0.6 is 0 Å². The van der Waals surface area contributed by atoms with Crippen molar-refractivity contribution in [1.82, 2.24) is 18.7 Å².